The third-order valence-corrected chi connectivity index (χ3v) is 3.48. The van der Waals surface area contributed by atoms with E-state index in [1.54, 1.807) is 0 Å². The largest absolute Gasteiger partial charge is 0.486 e. The molecule has 0 fully saturated rings. The summed E-state index contributed by atoms with van der Waals surface area (Å²) in [7, 11) is -12.2. The van der Waals surface area contributed by atoms with E-state index in [0.717, 1.165) is 0 Å². The lowest BCUT2D eigenvalue weighted by atomic mass is 15.7. The molecule has 0 rings (SSSR count). The zero-order valence-corrected chi connectivity index (χ0v) is 7.72. The summed E-state index contributed by atoms with van der Waals surface area (Å²) in [4.78, 5) is 24.2. The van der Waals surface area contributed by atoms with Crippen LogP contribution in [0, 0.1) is 0 Å². The standard InChI is InChI=1S/H5O8P3/c1-9(2)7-11(5,6)8-10(3)4/h9-10H,(H,1,2)(H,3,4)(H,5,6). The molecule has 2 unspecified atom stereocenters. The molecule has 0 aliphatic heterocycles. The lowest BCUT2D eigenvalue weighted by Crippen LogP contribution is -1.81. The molecule has 2 atom stereocenters. The molecule has 8 nitrogen and oxygen atoms in total. The molecule has 0 heterocycles. The summed E-state index contributed by atoms with van der Waals surface area (Å²) >= 11 is 0. The number of hydrogen-bond donors (Lipinski definition) is 3. The van der Waals surface area contributed by atoms with Crippen LogP contribution in [0.15, 0.2) is 0 Å². The van der Waals surface area contributed by atoms with Gasteiger partial charge in [0.15, 0.2) is 0 Å². The van der Waals surface area contributed by atoms with Gasteiger partial charge < -0.3 is 14.7 Å². The highest BCUT2D eigenvalue weighted by atomic mass is 31.3. The molecule has 0 aromatic rings. The van der Waals surface area contributed by atoms with Gasteiger partial charge >= 0.3 is 24.3 Å². The summed E-state index contributed by atoms with van der Waals surface area (Å²) in [6.07, 6.45) is 0. The molecule has 0 aromatic heterocycles. The van der Waals surface area contributed by atoms with Crippen molar-refractivity contribution in [2.45, 2.75) is 0 Å². The molecule has 68 valence electrons. The molecule has 0 radical (unpaired) electrons. The van der Waals surface area contributed by atoms with Gasteiger partial charge in [0, 0.05) is 0 Å². The second-order valence-corrected chi connectivity index (χ2v) is 4.64. The molecule has 0 aromatic carbocycles. The number of phosphoric acid groups is 1. The molecule has 0 bridgehead atoms. The monoisotopic (exact) mass is 226 g/mol. The molecule has 0 spiro atoms. The van der Waals surface area contributed by atoms with Gasteiger partial charge in [-0.25, -0.2) is 13.2 Å². The Balaban J connectivity index is 4.12. The third kappa shape index (κ3) is 6.87. The molecule has 0 aliphatic carbocycles. The van der Waals surface area contributed by atoms with E-state index >= 15 is 0 Å². The van der Waals surface area contributed by atoms with Crippen LogP contribution in [-0.2, 0) is 22.3 Å². The van der Waals surface area contributed by atoms with Crippen molar-refractivity contribution >= 4 is 24.3 Å². The van der Waals surface area contributed by atoms with Gasteiger partial charge in [-0.3, -0.25) is 9.13 Å². The molecular formula is H5O8P3. The highest BCUT2D eigenvalue weighted by Gasteiger charge is 2.25. The molecule has 11 heavy (non-hydrogen) atoms. The van der Waals surface area contributed by atoms with E-state index in [2.05, 4.69) is 8.62 Å². The second-order valence-electron chi connectivity index (χ2n) is 1.18. The molecule has 0 aliphatic rings. The minimum Gasteiger partial charge on any atom is -0.326 e. The Morgan fingerprint density at radius 1 is 1.09 bits per heavy atom. The van der Waals surface area contributed by atoms with Crippen LogP contribution < -0.4 is 0 Å². The van der Waals surface area contributed by atoms with Gasteiger partial charge in [-0.05, 0) is 0 Å². The van der Waals surface area contributed by atoms with Gasteiger partial charge in [0.05, 0.1) is 0 Å². The third-order valence-electron chi connectivity index (χ3n) is 0.387. The SMILES string of the molecule is O=[PH](O)OP(=O)(O)O[PH](=O)O. The maximum atomic E-state index is 10.3. The minimum absolute atomic E-state index is 3.40. The van der Waals surface area contributed by atoms with Gasteiger partial charge in [0.2, 0.25) is 0 Å². The van der Waals surface area contributed by atoms with Crippen molar-refractivity contribution in [1.82, 2.24) is 0 Å². The van der Waals surface area contributed by atoms with Crippen molar-refractivity contribution in [3.8, 4) is 0 Å². The fourth-order valence-electron chi connectivity index (χ4n) is 0.216. The van der Waals surface area contributed by atoms with Crippen molar-refractivity contribution in [3.05, 3.63) is 0 Å². The smallest absolute Gasteiger partial charge is 0.326 e. The second kappa shape index (κ2) is 4.50. The minimum atomic E-state index is -4.84. The van der Waals surface area contributed by atoms with Crippen LogP contribution in [0.5, 0.6) is 0 Å². The van der Waals surface area contributed by atoms with Crippen LogP contribution in [0.3, 0.4) is 0 Å². The van der Waals surface area contributed by atoms with E-state index in [1.807, 2.05) is 0 Å². The predicted molar refractivity (Wildman–Crippen MR) is 34.4 cm³/mol. The Bertz CT molecular complexity index is 195. The molecule has 0 saturated heterocycles. The van der Waals surface area contributed by atoms with Gasteiger partial charge in [-0.15, -0.1) is 0 Å². The zero-order chi connectivity index (χ0) is 9.07. The van der Waals surface area contributed by atoms with Crippen LogP contribution in [0.1, 0.15) is 0 Å². The van der Waals surface area contributed by atoms with Crippen molar-refractivity contribution in [2.24, 2.45) is 0 Å². The summed E-state index contributed by atoms with van der Waals surface area (Å²) in [6, 6.07) is 0. The summed E-state index contributed by atoms with van der Waals surface area (Å²) in [5.41, 5.74) is 0. The van der Waals surface area contributed by atoms with Crippen LogP contribution in [0.4, 0.5) is 0 Å². The van der Waals surface area contributed by atoms with Crippen LogP contribution in [0.2, 0.25) is 0 Å². The van der Waals surface area contributed by atoms with Crippen molar-refractivity contribution in [1.29, 1.82) is 0 Å². The Morgan fingerprint density at radius 3 is 1.55 bits per heavy atom. The number of hydrogen-bond acceptors (Lipinski definition) is 5. The van der Waals surface area contributed by atoms with E-state index in [4.69, 9.17) is 14.7 Å². The average Bonchev–Trinajstić information content (AvgIpc) is 1.53. The first-order valence-corrected chi connectivity index (χ1v) is 6.03. The average molecular weight is 226 g/mol. The summed E-state index contributed by atoms with van der Waals surface area (Å²) in [5, 5.41) is 0. The van der Waals surface area contributed by atoms with Crippen molar-refractivity contribution in [2.75, 3.05) is 0 Å². The summed E-state index contributed by atoms with van der Waals surface area (Å²) < 4.78 is 36.6. The van der Waals surface area contributed by atoms with E-state index < -0.39 is 24.3 Å². The zero-order valence-electron chi connectivity index (χ0n) is 4.83. The topological polar surface area (TPSA) is 130 Å². The molecule has 3 N–H and O–H groups in total. The van der Waals surface area contributed by atoms with Crippen LogP contribution in [-0.4, -0.2) is 14.7 Å². The Hall–Kier alpha value is 0.490. The summed E-state index contributed by atoms with van der Waals surface area (Å²) in [5.74, 6) is 0. The van der Waals surface area contributed by atoms with Gasteiger partial charge in [-0.2, -0.15) is 0 Å². The van der Waals surface area contributed by atoms with Gasteiger partial charge in [-0.1, -0.05) is 0 Å². The maximum Gasteiger partial charge on any atom is 0.486 e. The van der Waals surface area contributed by atoms with Crippen LogP contribution >= 0.6 is 24.3 Å². The first-order valence-electron chi connectivity index (χ1n) is 2.01. The first kappa shape index (κ1) is 11.5. The highest BCUT2D eigenvalue weighted by Crippen LogP contribution is 2.55. The molecule has 0 saturated carbocycles. The molecule has 0 amide bonds. The lowest BCUT2D eigenvalue weighted by Gasteiger charge is -2.05. The van der Waals surface area contributed by atoms with Crippen molar-refractivity contribution < 1.29 is 37.0 Å². The summed E-state index contributed by atoms with van der Waals surface area (Å²) in [6.45, 7) is 0. The van der Waals surface area contributed by atoms with E-state index in [9.17, 15) is 13.7 Å². The quantitative estimate of drug-likeness (QED) is 0.565. The normalized spacial score (nSPS) is 22.1. The molecule has 11 heteroatoms. The lowest BCUT2D eigenvalue weighted by molar-refractivity contribution is 0.271. The molecular weight excluding hydrogens is 221 g/mol. The van der Waals surface area contributed by atoms with Gasteiger partial charge in [0.1, 0.15) is 0 Å². The Labute approximate surface area is 62.3 Å². The first-order chi connectivity index (χ1) is 4.83. The van der Waals surface area contributed by atoms with E-state index in [-0.39, 0.29) is 0 Å². The van der Waals surface area contributed by atoms with Crippen molar-refractivity contribution in [3.63, 3.8) is 0 Å². The maximum absolute atomic E-state index is 10.3. The highest BCUT2D eigenvalue weighted by molar-refractivity contribution is 7.60. The predicted octanol–water partition coefficient (Wildman–Crippen LogP) is -0.116. The fourth-order valence-corrected chi connectivity index (χ4v) is 2.28. The van der Waals surface area contributed by atoms with Crippen LogP contribution in [0.25, 0.3) is 0 Å². The van der Waals surface area contributed by atoms with E-state index in [0.29, 0.717) is 0 Å². The Kier molecular flexibility index (Phi) is 4.70. The Morgan fingerprint density at radius 2 is 1.36 bits per heavy atom. The number of rotatable bonds is 4. The fraction of sp³-hybridized carbons (Fsp3) is 0. The van der Waals surface area contributed by atoms with E-state index in [1.165, 1.54) is 0 Å². The van der Waals surface area contributed by atoms with Gasteiger partial charge in [0.25, 0.3) is 0 Å².